The molecule has 0 spiro atoms. The number of thiophene rings is 1. The van der Waals surface area contributed by atoms with Crippen molar-refractivity contribution < 1.29 is 42.0 Å². The average Bonchev–Trinajstić information content (AvgIpc) is 3.53. The van der Waals surface area contributed by atoms with Gasteiger partial charge in [0.05, 0.1) is 22.5 Å². The van der Waals surface area contributed by atoms with Crippen LogP contribution in [0.1, 0.15) is 42.6 Å². The molecular formula is C21H21N5O10S3. The number of anilines is 1. The van der Waals surface area contributed by atoms with Crippen LogP contribution in [0.5, 0.6) is 5.75 Å². The van der Waals surface area contributed by atoms with Gasteiger partial charge in [-0.25, -0.2) is 4.98 Å². The number of carbonyl (C=O) groups is 2. The third-order valence-electron chi connectivity index (χ3n) is 5.82. The highest BCUT2D eigenvalue weighted by Gasteiger charge is 2.57. The van der Waals surface area contributed by atoms with Gasteiger partial charge >= 0.3 is 10.4 Å². The Morgan fingerprint density at radius 3 is 2.62 bits per heavy atom. The van der Waals surface area contributed by atoms with Crippen LogP contribution in [0.3, 0.4) is 0 Å². The molecule has 1 unspecified atom stereocenters. The Bertz CT molecular complexity index is 1610. The lowest BCUT2D eigenvalue weighted by molar-refractivity contribution is -0.228. The Morgan fingerprint density at radius 1 is 1.33 bits per heavy atom. The van der Waals surface area contributed by atoms with E-state index in [9.17, 15) is 33.1 Å². The summed E-state index contributed by atoms with van der Waals surface area (Å²) in [6, 6.07) is 4.25. The first-order valence-corrected chi connectivity index (χ1v) is 14.0. The van der Waals surface area contributed by atoms with Crippen LogP contribution in [0.2, 0.25) is 0 Å². The number of β-lactam (4-membered cyclic amide) rings is 1. The highest BCUT2D eigenvalue weighted by molar-refractivity contribution is 7.80. The van der Waals surface area contributed by atoms with E-state index in [1.807, 2.05) is 0 Å². The number of aromatic nitrogens is 2. The van der Waals surface area contributed by atoms with E-state index >= 15 is 0 Å². The second kappa shape index (κ2) is 10.4. The van der Waals surface area contributed by atoms with Crippen LogP contribution >= 0.6 is 22.7 Å². The maximum atomic E-state index is 13.4. The first-order valence-electron chi connectivity index (χ1n) is 10.9. The molecule has 0 saturated carbocycles. The van der Waals surface area contributed by atoms with Gasteiger partial charge in [0.2, 0.25) is 11.5 Å². The largest absolute Gasteiger partial charge is 0.503 e. The predicted octanol–water partition coefficient (Wildman–Crippen LogP) is 1.33. The lowest BCUT2D eigenvalue weighted by Gasteiger charge is -2.50. The van der Waals surface area contributed by atoms with Gasteiger partial charge in [0.25, 0.3) is 5.91 Å². The molecule has 0 aliphatic carbocycles. The van der Waals surface area contributed by atoms with Gasteiger partial charge in [0.15, 0.2) is 22.4 Å². The molecule has 1 saturated heterocycles. The summed E-state index contributed by atoms with van der Waals surface area (Å²) in [5.41, 5.74) is 3.20. The number of nitrogen functional groups attached to an aromatic ring is 1. The van der Waals surface area contributed by atoms with Crippen molar-refractivity contribution in [1.29, 1.82) is 0 Å². The van der Waals surface area contributed by atoms with Crippen molar-refractivity contribution in [2.75, 3.05) is 5.73 Å². The van der Waals surface area contributed by atoms with Crippen molar-refractivity contribution in [2.24, 2.45) is 11.1 Å². The summed E-state index contributed by atoms with van der Waals surface area (Å²) in [6.45, 7) is 2.87. The number of carbonyl (C=O) groups excluding carboxylic acids is 2. The zero-order valence-electron chi connectivity index (χ0n) is 20.1. The summed E-state index contributed by atoms with van der Waals surface area (Å²) >= 11 is 2.20. The van der Waals surface area contributed by atoms with Crippen LogP contribution < -0.4 is 11.2 Å². The van der Waals surface area contributed by atoms with Crippen molar-refractivity contribution in [3.05, 3.63) is 61.6 Å². The van der Waals surface area contributed by atoms with E-state index in [-0.39, 0.29) is 22.2 Å². The minimum Gasteiger partial charge on any atom is -0.503 e. The topological polar surface area (TPSA) is 224 Å². The van der Waals surface area contributed by atoms with Crippen LogP contribution in [0.4, 0.5) is 5.13 Å². The van der Waals surface area contributed by atoms with Crippen LogP contribution in [-0.4, -0.2) is 61.0 Å². The molecule has 0 bridgehead atoms. The molecule has 39 heavy (non-hydrogen) atoms. The number of Topliss-reactive ketones (excluding diaryl/α,β-unsaturated/α-hetero) is 1. The molecule has 0 radical (unpaired) electrons. The summed E-state index contributed by atoms with van der Waals surface area (Å²) < 4.78 is 35.9. The summed E-state index contributed by atoms with van der Waals surface area (Å²) in [6.07, 6.45) is -0.893. The highest BCUT2D eigenvalue weighted by Crippen LogP contribution is 2.41. The maximum Gasteiger partial charge on any atom is 0.418 e. The maximum absolute atomic E-state index is 13.4. The van der Waals surface area contributed by atoms with Gasteiger partial charge in [0, 0.05) is 17.9 Å². The zero-order valence-corrected chi connectivity index (χ0v) is 22.6. The van der Waals surface area contributed by atoms with Gasteiger partial charge in [0.1, 0.15) is 11.4 Å². The molecule has 3 aromatic rings. The minimum absolute atomic E-state index is 0.0233. The molecule has 208 valence electrons. The quantitative estimate of drug-likeness (QED) is 0.0851. The van der Waals surface area contributed by atoms with Gasteiger partial charge in [-0.3, -0.25) is 18.9 Å². The zero-order chi connectivity index (χ0) is 28.7. The summed E-state index contributed by atoms with van der Waals surface area (Å²) in [7, 11) is -4.98. The molecule has 1 aliphatic heterocycles. The summed E-state index contributed by atoms with van der Waals surface area (Å²) in [5.74, 6) is -3.35. The number of aromatic hydroxyl groups is 1. The van der Waals surface area contributed by atoms with E-state index in [4.69, 9.17) is 15.1 Å². The Kier molecular flexibility index (Phi) is 7.50. The van der Waals surface area contributed by atoms with Crippen molar-refractivity contribution in [3.63, 3.8) is 0 Å². The molecule has 1 amide bonds. The van der Waals surface area contributed by atoms with E-state index in [1.165, 1.54) is 30.6 Å². The lowest BCUT2D eigenvalue weighted by atomic mass is 9.74. The first-order chi connectivity index (χ1) is 18.2. The molecule has 2 atom stereocenters. The monoisotopic (exact) mass is 599 g/mol. The molecule has 18 heteroatoms. The fourth-order valence-corrected chi connectivity index (χ4v) is 5.57. The van der Waals surface area contributed by atoms with E-state index in [0.717, 1.165) is 23.6 Å². The Hall–Kier alpha value is -3.84. The molecule has 5 N–H and O–H groups in total. The number of ketones is 1. The van der Waals surface area contributed by atoms with Crippen molar-refractivity contribution in [1.82, 2.24) is 14.8 Å². The van der Waals surface area contributed by atoms with E-state index < -0.39 is 57.2 Å². The molecule has 15 nitrogen and oxygen atoms in total. The summed E-state index contributed by atoms with van der Waals surface area (Å²) in [4.78, 5) is 48.2. The van der Waals surface area contributed by atoms with Gasteiger partial charge in [-0.15, -0.1) is 27.0 Å². The third-order valence-corrected chi connectivity index (χ3v) is 7.75. The SMILES string of the molecule is CC1(C)[C@H](CC(=O)/C(=N\OC(c2cccs2)c2cc(=O)c(O)cn2O)c2csc(N)n2)C(=O)N1OS(=O)(=O)O. The number of rotatable bonds is 10. The number of hydrogen-bond acceptors (Lipinski definition) is 14. The number of thiazole rings is 1. The number of oxime groups is 1. The molecule has 0 aromatic carbocycles. The molecule has 4 heterocycles. The predicted molar refractivity (Wildman–Crippen MR) is 137 cm³/mol. The van der Waals surface area contributed by atoms with Gasteiger partial charge in [-0.1, -0.05) is 11.2 Å². The van der Waals surface area contributed by atoms with Gasteiger partial charge in [-0.05, 0) is 25.3 Å². The second-order valence-corrected chi connectivity index (χ2v) is 11.6. The normalized spacial score (nSPS) is 18.0. The number of nitrogens with two attached hydrogens (primary N) is 1. The van der Waals surface area contributed by atoms with Crippen LogP contribution in [-0.2, 0) is 29.1 Å². The first kappa shape index (κ1) is 28.2. The Morgan fingerprint density at radius 2 is 2.05 bits per heavy atom. The van der Waals surface area contributed by atoms with Crippen molar-refractivity contribution >= 4 is 55.6 Å². The number of nitrogens with zero attached hydrogens (tertiary/aromatic N) is 4. The standard InChI is InChI=1S/C21H21N5O10S3/c1-21(2)10(19(30)26(21)36-39(32,33)34)6-14(28)17(11-9-38-20(22)23-11)24-35-18(16-4-3-5-37-16)12-7-13(27)15(29)8-25(12)31/h3-5,7-10,18,29,31H,6H2,1-2H3,(H2,22,23)(H,32,33,34)/b24-17-/t10-,18?/m1/s1. The molecule has 3 aromatic heterocycles. The number of pyridine rings is 1. The average molecular weight is 600 g/mol. The van der Waals surface area contributed by atoms with Gasteiger partial charge < -0.3 is 20.9 Å². The smallest absolute Gasteiger partial charge is 0.418 e. The number of hydrogen-bond donors (Lipinski definition) is 4. The van der Waals surface area contributed by atoms with Crippen molar-refractivity contribution in [2.45, 2.75) is 31.9 Å². The molecule has 4 rings (SSSR count). The number of amides is 1. The van der Waals surface area contributed by atoms with Crippen molar-refractivity contribution in [3.8, 4) is 5.75 Å². The second-order valence-electron chi connectivity index (χ2n) is 8.77. The number of hydroxylamine groups is 2. The molecule has 1 fully saturated rings. The van der Waals surface area contributed by atoms with E-state index in [1.54, 1.807) is 17.5 Å². The van der Waals surface area contributed by atoms with Crippen LogP contribution in [0.25, 0.3) is 0 Å². The Labute approximate surface area is 228 Å². The minimum atomic E-state index is -4.98. The van der Waals surface area contributed by atoms with E-state index in [0.29, 0.717) is 14.7 Å². The Balaban J connectivity index is 1.67. The summed E-state index contributed by atoms with van der Waals surface area (Å²) in [5, 5.41) is 27.6. The third kappa shape index (κ3) is 5.78. The van der Waals surface area contributed by atoms with Gasteiger partial charge in [-0.2, -0.15) is 18.2 Å². The lowest BCUT2D eigenvalue weighted by Crippen LogP contribution is -2.68. The van der Waals surface area contributed by atoms with E-state index in [2.05, 4.69) is 14.4 Å². The molecular weight excluding hydrogens is 578 g/mol. The highest BCUT2D eigenvalue weighted by atomic mass is 32.3. The molecule has 1 aliphatic rings. The fraction of sp³-hybridized carbons (Fsp3) is 0.286. The van der Waals surface area contributed by atoms with Crippen LogP contribution in [0.15, 0.2) is 45.1 Å². The van der Waals surface area contributed by atoms with Crippen LogP contribution in [0, 0.1) is 5.92 Å². The fourth-order valence-electron chi connectivity index (χ4n) is 3.81.